The molecular formula is C10H20N2O2S. The highest BCUT2D eigenvalue weighted by atomic mass is 32.2. The number of hydrogen-bond donors (Lipinski definition) is 3. The van der Waals surface area contributed by atoms with Crippen LogP contribution < -0.4 is 10.6 Å². The van der Waals surface area contributed by atoms with Gasteiger partial charge in [-0.15, -0.1) is 11.8 Å². The van der Waals surface area contributed by atoms with Gasteiger partial charge in [0.05, 0.1) is 6.04 Å². The highest BCUT2D eigenvalue weighted by Gasteiger charge is 2.21. The minimum absolute atomic E-state index is 0.00901. The third-order valence-corrected chi connectivity index (χ3v) is 3.46. The molecule has 0 aromatic heterocycles. The molecule has 2 atom stereocenters. The minimum atomic E-state index is -0.00901. The first kappa shape index (κ1) is 12.8. The van der Waals surface area contributed by atoms with Crippen molar-refractivity contribution in [2.75, 3.05) is 24.8 Å². The van der Waals surface area contributed by atoms with Crippen LogP contribution in [0.4, 0.5) is 0 Å². The van der Waals surface area contributed by atoms with Gasteiger partial charge >= 0.3 is 0 Å². The van der Waals surface area contributed by atoms with Gasteiger partial charge in [0, 0.05) is 24.8 Å². The second-order valence-corrected chi connectivity index (χ2v) is 5.02. The van der Waals surface area contributed by atoms with Gasteiger partial charge in [-0.2, -0.15) is 0 Å². The SMILES string of the molecule is CC(CO)CCCNC(=O)C1CSCN1. The summed E-state index contributed by atoms with van der Waals surface area (Å²) in [6, 6.07) is -0.00901. The lowest BCUT2D eigenvalue weighted by molar-refractivity contribution is -0.122. The summed E-state index contributed by atoms with van der Waals surface area (Å²) < 4.78 is 0. The molecule has 1 saturated heterocycles. The zero-order valence-electron chi connectivity index (χ0n) is 9.16. The van der Waals surface area contributed by atoms with Crippen molar-refractivity contribution in [3.63, 3.8) is 0 Å². The van der Waals surface area contributed by atoms with E-state index in [1.807, 2.05) is 6.92 Å². The van der Waals surface area contributed by atoms with Gasteiger partial charge in [0.25, 0.3) is 0 Å². The van der Waals surface area contributed by atoms with E-state index in [0.29, 0.717) is 12.5 Å². The van der Waals surface area contributed by atoms with Crippen LogP contribution in [0, 0.1) is 5.92 Å². The predicted molar refractivity (Wildman–Crippen MR) is 62.7 cm³/mol. The summed E-state index contributed by atoms with van der Waals surface area (Å²) in [5, 5.41) is 14.9. The molecule has 2 unspecified atom stereocenters. The molecule has 1 aliphatic rings. The normalized spacial score (nSPS) is 22.7. The second kappa shape index (κ2) is 7.09. The van der Waals surface area contributed by atoms with E-state index < -0.39 is 0 Å². The first-order valence-corrected chi connectivity index (χ1v) is 6.59. The number of aliphatic hydroxyl groups is 1. The van der Waals surface area contributed by atoms with E-state index >= 15 is 0 Å². The largest absolute Gasteiger partial charge is 0.396 e. The molecule has 1 fully saturated rings. The molecule has 0 aliphatic carbocycles. The molecule has 1 aliphatic heterocycles. The van der Waals surface area contributed by atoms with Crippen LogP contribution >= 0.6 is 11.8 Å². The summed E-state index contributed by atoms with van der Waals surface area (Å²) in [5.41, 5.74) is 0. The fourth-order valence-corrected chi connectivity index (χ4v) is 2.38. The first-order valence-electron chi connectivity index (χ1n) is 5.43. The van der Waals surface area contributed by atoms with Crippen LogP contribution in [0.25, 0.3) is 0 Å². The average molecular weight is 232 g/mol. The van der Waals surface area contributed by atoms with Gasteiger partial charge in [0.15, 0.2) is 0 Å². The Morgan fingerprint density at radius 2 is 2.53 bits per heavy atom. The average Bonchev–Trinajstić information content (AvgIpc) is 2.77. The topological polar surface area (TPSA) is 61.4 Å². The highest BCUT2D eigenvalue weighted by Crippen LogP contribution is 2.09. The molecule has 0 bridgehead atoms. The second-order valence-electron chi connectivity index (χ2n) is 3.99. The van der Waals surface area contributed by atoms with Gasteiger partial charge in [-0.25, -0.2) is 0 Å². The lowest BCUT2D eigenvalue weighted by Crippen LogP contribution is -2.42. The number of carbonyl (C=O) groups is 1. The first-order chi connectivity index (χ1) is 7.24. The molecule has 0 radical (unpaired) electrons. The van der Waals surface area contributed by atoms with Gasteiger partial charge in [-0.05, 0) is 18.8 Å². The van der Waals surface area contributed by atoms with E-state index in [9.17, 15) is 4.79 Å². The molecule has 3 N–H and O–H groups in total. The lowest BCUT2D eigenvalue weighted by atomic mass is 10.1. The molecule has 1 rings (SSSR count). The van der Waals surface area contributed by atoms with Gasteiger partial charge in [-0.3, -0.25) is 10.1 Å². The molecule has 0 aromatic carbocycles. The Labute approximate surface area is 95.2 Å². The third kappa shape index (κ3) is 4.86. The Balaban J connectivity index is 2.01. The molecule has 5 heteroatoms. The third-order valence-electron chi connectivity index (χ3n) is 2.52. The summed E-state index contributed by atoms with van der Waals surface area (Å²) >= 11 is 1.75. The maximum atomic E-state index is 11.5. The number of hydrogen-bond acceptors (Lipinski definition) is 4. The number of rotatable bonds is 6. The molecule has 15 heavy (non-hydrogen) atoms. The quantitative estimate of drug-likeness (QED) is 0.572. The highest BCUT2D eigenvalue weighted by molar-refractivity contribution is 7.99. The van der Waals surface area contributed by atoms with Crippen LogP contribution in [0.5, 0.6) is 0 Å². The van der Waals surface area contributed by atoms with Crippen LogP contribution in [0.1, 0.15) is 19.8 Å². The molecule has 0 spiro atoms. The van der Waals surface area contributed by atoms with Crippen molar-refractivity contribution in [3.05, 3.63) is 0 Å². The predicted octanol–water partition coefficient (Wildman–Crippen LogP) is 0.174. The van der Waals surface area contributed by atoms with Gasteiger partial charge in [-0.1, -0.05) is 6.92 Å². The molecule has 0 saturated carbocycles. The summed E-state index contributed by atoms with van der Waals surface area (Å²) in [4.78, 5) is 11.5. The molecule has 1 heterocycles. The molecule has 1 amide bonds. The van der Waals surface area contributed by atoms with Crippen molar-refractivity contribution < 1.29 is 9.90 Å². The standard InChI is InChI=1S/C10H20N2O2S/c1-8(5-13)3-2-4-11-10(14)9-6-15-7-12-9/h8-9,12-13H,2-7H2,1H3,(H,11,14). The Morgan fingerprint density at radius 1 is 1.73 bits per heavy atom. The number of amides is 1. The van der Waals surface area contributed by atoms with E-state index in [4.69, 9.17) is 5.11 Å². The van der Waals surface area contributed by atoms with Crippen molar-refractivity contribution in [2.45, 2.75) is 25.8 Å². The number of aliphatic hydroxyl groups excluding tert-OH is 1. The van der Waals surface area contributed by atoms with Crippen molar-refractivity contribution in [1.29, 1.82) is 0 Å². The van der Waals surface area contributed by atoms with Crippen molar-refractivity contribution in [1.82, 2.24) is 10.6 Å². The summed E-state index contributed by atoms with van der Waals surface area (Å²) in [6.07, 6.45) is 1.90. The number of carbonyl (C=O) groups excluding carboxylic acids is 1. The smallest absolute Gasteiger partial charge is 0.238 e. The van der Waals surface area contributed by atoms with E-state index in [2.05, 4.69) is 10.6 Å². The zero-order chi connectivity index (χ0) is 11.1. The Hall–Kier alpha value is -0.260. The number of nitrogens with one attached hydrogen (secondary N) is 2. The van der Waals surface area contributed by atoms with Crippen molar-refractivity contribution >= 4 is 17.7 Å². The van der Waals surface area contributed by atoms with E-state index in [0.717, 1.165) is 24.5 Å². The van der Waals surface area contributed by atoms with Crippen molar-refractivity contribution in [2.24, 2.45) is 5.92 Å². The minimum Gasteiger partial charge on any atom is -0.396 e. The summed E-state index contributed by atoms with van der Waals surface area (Å²) in [7, 11) is 0. The fourth-order valence-electron chi connectivity index (χ4n) is 1.44. The lowest BCUT2D eigenvalue weighted by Gasteiger charge is -2.11. The van der Waals surface area contributed by atoms with Gasteiger partial charge in [0.2, 0.25) is 5.91 Å². The molecule has 0 aromatic rings. The fraction of sp³-hybridized carbons (Fsp3) is 0.900. The summed E-state index contributed by atoms with van der Waals surface area (Å²) in [6.45, 7) is 2.96. The number of thioether (sulfide) groups is 1. The maximum Gasteiger partial charge on any atom is 0.238 e. The van der Waals surface area contributed by atoms with Crippen molar-refractivity contribution in [3.8, 4) is 0 Å². The monoisotopic (exact) mass is 232 g/mol. The van der Waals surface area contributed by atoms with Crippen LogP contribution in [0.2, 0.25) is 0 Å². The van der Waals surface area contributed by atoms with E-state index in [1.54, 1.807) is 11.8 Å². The Bertz CT molecular complexity index is 196. The van der Waals surface area contributed by atoms with E-state index in [1.165, 1.54) is 0 Å². The van der Waals surface area contributed by atoms with Crippen LogP contribution in [0.15, 0.2) is 0 Å². The molecule has 88 valence electrons. The van der Waals surface area contributed by atoms with Gasteiger partial charge < -0.3 is 10.4 Å². The molecular weight excluding hydrogens is 212 g/mol. The van der Waals surface area contributed by atoms with Gasteiger partial charge in [0.1, 0.15) is 0 Å². The van der Waals surface area contributed by atoms with Crippen LogP contribution in [0.3, 0.4) is 0 Å². The van der Waals surface area contributed by atoms with Crippen LogP contribution in [-0.4, -0.2) is 41.8 Å². The van der Waals surface area contributed by atoms with Crippen LogP contribution in [-0.2, 0) is 4.79 Å². The summed E-state index contributed by atoms with van der Waals surface area (Å²) in [5.74, 6) is 2.19. The molecule has 4 nitrogen and oxygen atoms in total. The Morgan fingerprint density at radius 3 is 3.13 bits per heavy atom. The zero-order valence-corrected chi connectivity index (χ0v) is 9.98. The Kier molecular flexibility index (Phi) is 6.05. The maximum absolute atomic E-state index is 11.5. The van der Waals surface area contributed by atoms with E-state index in [-0.39, 0.29) is 18.6 Å².